The molecule has 3 rings (SSSR count). The Morgan fingerprint density at radius 1 is 1.37 bits per heavy atom. The van der Waals surface area contributed by atoms with E-state index in [1.807, 2.05) is 48.1 Å². The molecule has 0 aliphatic heterocycles. The van der Waals surface area contributed by atoms with Gasteiger partial charge in [0.1, 0.15) is 5.75 Å². The third-order valence-corrected chi connectivity index (χ3v) is 5.75. The molecule has 0 bridgehead atoms. The van der Waals surface area contributed by atoms with Crippen LogP contribution in [0.15, 0.2) is 45.5 Å². The number of ether oxygens (including phenoxy) is 1. The highest BCUT2D eigenvalue weighted by molar-refractivity contribution is 9.10. The van der Waals surface area contributed by atoms with E-state index >= 15 is 0 Å². The summed E-state index contributed by atoms with van der Waals surface area (Å²) in [6.45, 7) is 4.63. The van der Waals surface area contributed by atoms with Gasteiger partial charge in [-0.2, -0.15) is 0 Å². The number of carbonyl (C=O) groups excluding carboxylic acids is 1. The maximum Gasteiger partial charge on any atom is 0.236 e. The van der Waals surface area contributed by atoms with Crippen molar-refractivity contribution < 1.29 is 9.53 Å². The van der Waals surface area contributed by atoms with Crippen LogP contribution in [0.2, 0.25) is 0 Å². The number of amides is 1. The van der Waals surface area contributed by atoms with E-state index in [2.05, 4.69) is 36.4 Å². The average molecular weight is 468 g/mol. The third-order valence-electron chi connectivity index (χ3n) is 3.56. The lowest BCUT2D eigenvalue weighted by atomic mass is 10.3. The van der Waals surface area contributed by atoms with Crippen LogP contribution in [0, 0.1) is 0 Å². The molecule has 2 heterocycles. The van der Waals surface area contributed by atoms with Gasteiger partial charge in [-0.25, -0.2) is 4.98 Å². The molecule has 0 saturated carbocycles. The van der Waals surface area contributed by atoms with Crippen LogP contribution in [-0.2, 0) is 11.3 Å². The zero-order valence-electron chi connectivity index (χ0n) is 14.8. The van der Waals surface area contributed by atoms with Gasteiger partial charge >= 0.3 is 0 Å². The van der Waals surface area contributed by atoms with Crippen LogP contribution < -0.4 is 10.1 Å². The topological polar surface area (TPSA) is 81.9 Å². The Balaban J connectivity index is 1.63. The summed E-state index contributed by atoms with van der Waals surface area (Å²) in [5, 5.41) is 14.4. The molecule has 10 heteroatoms. The van der Waals surface area contributed by atoms with E-state index in [1.165, 1.54) is 23.1 Å². The van der Waals surface area contributed by atoms with Crippen molar-refractivity contribution in [3.05, 3.63) is 46.1 Å². The van der Waals surface area contributed by atoms with E-state index in [1.54, 1.807) is 6.20 Å². The number of hydrogen-bond acceptors (Lipinski definition) is 7. The summed E-state index contributed by atoms with van der Waals surface area (Å²) in [6.07, 6.45) is 1.39. The van der Waals surface area contributed by atoms with E-state index in [9.17, 15) is 4.79 Å². The lowest BCUT2D eigenvalue weighted by Crippen LogP contribution is -2.15. The van der Waals surface area contributed by atoms with Crippen molar-refractivity contribution in [2.24, 2.45) is 0 Å². The summed E-state index contributed by atoms with van der Waals surface area (Å²) in [6, 6.07) is 7.64. The maximum absolute atomic E-state index is 12.0. The summed E-state index contributed by atoms with van der Waals surface area (Å²) in [5.74, 6) is 1.59. The van der Waals surface area contributed by atoms with Crippen molar-refractivity contribution in [3.63, 3.8) is 0 Å². The zero-order chi connectivity index (χ0) is 19.2. The highest BCUT2D eigenvalue weighted by Crippen LogP contribution is 2.25. The van der Waals surface area contributed by atoms with Gasteiger partial charge < -0.3 is 14.6 Å². The monoisotopic (exact) mass is 467 g/mol. The van der Waals surface area contributed by atoms with Gasteiger partial charge in [-0.15, -0.1) is 21.5 Å². The maximum atomic E-state index is 12.0. The molecule has 2 aromatic heterocycles. The molecule has 7 nitrogen and oxygen atoms in total. The summed E-state index contributed by atoms with van der Waals surface area (Å²) in [5.41, 5.74) is 0. The number of nitrogens with one attached hydrogen (secondary N) is 1. The quantitative estimate of drug-likeness (QED) is 0.494. The van der Waals surface area contributed by atoms with Gasteiger partial charge in [-0.3, -0.25) is 4.79 Å². The van der Waals surface area contributed by atoms with Crippen LogP contribution >= 0.6 is 39.0 Å². The number of carbonyl (C=O) groups is 1. The van der Waals surface area contributed by atoms with Crippen molar-refractivity contribution in [2.75, 3.05) is 11.1 Å². The second kappa shape index (κ2) is 9.34. The predicted octanol–water partition coefficient (Wildman–Crippen LogP) is 4.39. The highest BCUT2D eigenvalue weighted by atomic mass is 79.9. The first-order valence-electron chi connectivity index (χ1n) is 8.24. The molecule has 0 fully saturated rings. The highest BCUT2D eigenvalue weighted by Gasteiger charge is 2.19. The summed E-state index contributed by atoms with van der Waals surface area (Å²) in [7, 11) is 0. The number of aromatic nitrogens is 4. The molecule has 0 radical (unpaired) electrons. The lowest BCUT2D eigenvalue weighted by Gasteiger charge is -2.15. The molecule has 1 aromatic carbocycles. The fraction of sp³-hybridized carbons (Fsp3) is 0.294. The standard InChI is InChI=1S/C17H18BrN5O2S2/c1-3-23-15(11(2)25-13-6-4-12(18)5-7-13)21-22-17(23)27-10-14(24)20-16-19-8-9-26-16/h4-9,11H,3,10H2,1-2H3,(H,19,20,24). The molecule has 142 valence electrons. The van der Waals surface area contributed by atoms with Crippen molar-refractivity contribution in [2.45, 2.75) is 31.7 Å². The average Bonchev–Trinajstić information content (AvgIpc) is 3.31. The zero-order valence-corrected chi connectivity index (χ0v) is 18.0. The molecular formula is C17H18BrN5O2S2. The Bertz CT molecular complexity index is 883. The van der Waals surface area contributed by atoms with Crippen LogP contribution in [0.3, 0.4) is 0 Å². The molecule has 1 unspecified atom stereocenters. The van der Waals surface area contributed by atoms with E-state index in [0.717, 1.165) is 16.0 Å². The number of rotatable bonds is 8. The van der Waals surface area contributed by atoms with E-state index in [-0.39, 0.29) is 17.8 Å². The first-order valence-corrected chi connectivity index (χ1v) is 10.9. The molecule has 1 N–H and O–H groups in total. The normalized spacial score (nSPS) is 12.0. The third kappa shape index (κ3) is 5.30. The van der Waals surface area contributed by atoms with E-state index in [4.69, 9.17) is 4.74 Å². The summed E-state index contributed by atoms with van der Waals surface area (Å²) < 4.78 is 8.92. The minimum absolute atomic E-state index is 0.124. The SMILES string of the molecule is CCn1c(SCC(=O)Nc2nccs2)nnc1C(C)Oc1ccc(Br)cc1. The minimum Gasteiger partial charge on any atom is -0.483 e. The van der Waals surface area contributed by atoms with Gasteiger partial charge in [0.15, 0.2) is 22.2 Å². The lowest BCUT2D eigenvalue weighted by molar-refractivity contribution is -0.113. The molecular weight excluding hydrogens is 450 g/mol. The Labute approximate surface area is 173 Å². The van der Waals surface area contributed by atoms with Gasteiger partial charge in [0, 0.05) is 22.6 Å². The predicted molar refractivity (Wildman–Crippen MR) is 110 cm³/mol. The fourth-order valence-electron chi connectivity index (χ4n) is 2.35. The van der Waals surface area contributed by atoms with E-state index < -0.39 is 0 Å². The number of hydrogen-bond donors (Lipinski definition) is 1. The fourth-order valence-corrected chi connectivity index (χ4v) is 3.96. The summed E-state index contributed by atoms with van der Waals surface area (Å²) >= 11 is 6.14. The van der Waals surface area contributed by atoms with Crippen molar-refractivity contribution in [1.29, 1.82) is 0 Å². The van der Waals surface area contributed by atoms with Crippen molar-refractivity contribution >= 4 is 50.1 Å². The van der Waals surface area contributed by atoms with Crippen molar-refractivity contribution in [3.8, 4) is 5.75 Å². The Hall–Kier alpha value is -1.91. The number of benzene rings is 1. The molecule has 1 atom stereocenters. The van der Waals surface area contributed by atoms with Crippen LogP contribution in [0.5, 0.6) is 5.75 Å². The first kappa shape index (κ1) is 19.8. The molecule has 0 spiro atoms. The van der Waals surface area contributed by atoms with Crippen LogP contribution in [0.25, 0.3) is 0 Å². The molecule has 1 amide bonds. The Kier molecular flexibility index (Phi) is 6.86. The van der Waals surface area contributed by atoms with Crippen LogP contribution in [-0.4, -0.2) is 31.4 Å². The largest absolute Gasteiger partial charge is 0.483 e. The van der Waals surface area contributed by atoms with Crippen LogP contribution in [0.1, 0.15) is 25.8 Å². The van der Waals surface area contributed by atoms with Gasteiger partial charge in [0.2, 0.25) is 5.91 Å². The number of halogens is 1. The number of thioether (sulfide) groups is 1. The van der Waals surface area contributed by atoms with Gasteiger partial charge in [-0.05, 0) is 38.1 Å². The number of anilines is 1. The van der Waals surface area contributed by atoms with Crippen LogP contribution in [0.4, 0.5) is 5.13 Å². The van der Waals surface area contributed by atoms with Gasteiger partial charge in [-0.1, -0.05) is 27.7 Å². The van der Waals surface area contributed by atoms with Gasteiger partial charge in [0.25, 0.3) is 0 Å². The molecule has 0 aliphatic carbocycles. The van der Waals surface area contributed by atoms with Gasteiger partial charge in [0.05, 0.1) is 5.75 Å². The molecule has 0 saturated heterocycles. The number of thiazole rings is 1. The minimum atomic E-state index is -0.267. The molecule has 3 aromatic rings. The Morgan fingerprint density at radius 3 is 2.81 bits per heavy atom. The number of nitrogens with zero attached hydrogens (tertiary/aromatic N) is 4. The van der Waals surface area contributed by atoms with Crippen molar-refractivity contribution in [1.82, 2.24) is 19.7 Å². The van der Waals surface area contributed by atoms with E-state index in [0.29, 0.717) is 16.8 Å². The summed E-state index contributed by atoms with van der Waals surface area (Å²) in [4.78, 5) is 16.1. The second-order valence-corrected chi connectivity index (χ2v) is 8.23. The molecule has 0 aliphatic rings. The molecule has 27 heavy (non-hydrogen) atoms. The first-order chi connectivity index (χ1) is 13.1. The Morgan fingerprint density at radius 2 is 2.15 bits per heavy atom. The second-order valence-electron chi connectivity index (χ2n) is 5.47. The smallest absolute Gasteiger partial charge is 0.236 e.